The third-order valence-corrected chi connectivity index (χ3v) is 2.14. The highest BCUT2D eigenvalue weighted by Gasteiger charge is 2.04. The summed E-state index contributed by atoms with van der Waals surface area (Å²) in [7, 11) is 0. The van der Waals surface area contributed by atoms with Crippen LogP contribution in [0.5, 0.6) is 5.88 Å². The van der Waals surface area contributed by atoms with Crippen LogP contribution >= 0.6 is 0 Å². The molecule has 2 rings (SSSR count). The zero-order chi connectivity index (χ0) is 11.5. The molecule has 5 heteroatoms. The van der Waals surface area contributed by atoms with Crippen LogP contribution < -0.4 is 5.56 Å². The number of aromatic hydroxyl groups is 1. The molecule has 0 aromatic carbocycles. The lowest BCUT2D eigenvalue weighted by molar-refractivity contribution is 0.452. The minimum Gasteiger partial charge on any atom is -0.493 e. The first-order valence-corrected chi connectivity index (χ1v) is 4.95. The molecule has 0 aliphatic rings. The van der Waals surface area contributed by atoms with Crippen molar-refractivity contribution in [1.82, 2.24) is 15.0 Å². The maximum Gasteiger partial charge on any atom is 0.255 e. The highest BCUT2D eigenvalue weighted by Crippen LogP contribution is 2.13. The first-order valence-electron chi connectivity index (χ1n) is 4.95. The van der Waals surface area contributed by atoms with Crippen LogP contribution in [0.1, 0.15) is 12.6 Å². The number of rotatable bonds is 2. The second kappa shape index (κ2) is 4.14. The molecule has 0 unspecified atom stereocenters. The molecule has 16 heavy (non-hydrogen) atoms. The Balaban J connectivity index is 2.53. The Labute approximate surface area is 91.8 Å². The molecule has 82 valence electrons. The first kappa shape index (κ1) is 10.4. The molecular formula is C11H11N3O2. The minimum atomic E-state index is -0.397. The number of aromatic amines is 1. The Hall–Kier alpha value is -2.17. The van der Waals surface area contributed by atoms with E-state index in [2.05, 4.69) is 15.0 Å². The van der Waals surface area contributed by atoms with E-state index in [9.17, 15) is 9.90 Å². The highest BCUT2D eigenvalue weighted by molar-refractivity contribution is 5.49. The smallest absolute Gasteiger partial charge is 0.255 e. The third kappa shape index (κ3) is 2.08. The molecule has 2 heterocycles. The van der Waals surface area contributed by atoms with Gasteiger partial charge < -0.3 is 10.1 Å². The summed E-state index contributed by atoms with van der Waals surface area (Å²) in [6.07, 6.45) is 0.802. The Morgan fingerprint density at radius 2 is 2.19 bits per heavy atom. The topological polar surface area (TPSA) is 78.9 Å². The standard InChI is InChI=1S/C11H11N3O2/c1-2-7-4-3-5-8(12-7)11-13-9(15)6-10(16)14-11/h3-6H,2H2,1H3,(H2,13,14,15,16). The van der Waals surface area contributed by atoms with E-state index in [4.69, 9.17) is 0 Å². The van der Waals surface area contributed by atoms with Crippen LogP contribution in [0, 0.1) is 0 Å². The molecule has 2 N–H and O–H groups in total. The second-order valence-corrected chi connectivity index (χ2v) is 3.32. The summed E-state index contributed by atoms with van der Waals surface area (Å²) in [6.45, 7) is 1.99. The van der Waals surface area contributed by atoms with Gasteiger partial charge in [0.05, 0.1) is 6.07 Å². The second-order valence-electron chi connectivity index (χ2n) is 3.32. The van der Waals surface area contributed by atoms with Gasteiger partial charge in [-0.15, -0.1) is 0 Å². The van der Waals surface area contributed by atoms with Gasteiger partial charge in [0.15, 0.2) is 5.82 Å². The largest absolute Gasteiger partial charge is 0.493 e. The molecule has 0 spiro atoms. The number of H-pyrrole nitrogens is 1. The van der Waals surface area contributed by atoms with Crippen molar-refractivity contribution in [3.63, 3.8) is 0 Å². The summed E-state index contributed by atoms with van der Waals surface area (Å²) in [4.78, 5) is 21.8. The molecular weight excluding hydrogens is 206 g/mol. The Morgan fingerprint density at radius 3 is 2.88 bits per heavy atom. The third-order valence-electron chi connectivity index (χ3n) is 2.14. The lowest BCUT2D eigenvalue weighted by atomic mass is 10.2. The number of hydrogen-bond acceptors (Lipinski definition) is 4. The van der Waals surface area contributed by atoms with E-state index < -0.39 is 5.56 Å². The molecule has 0 radical (unpaired) electrons. The minimum absolute atomic E-state index is 0.278. The van der Waals surface area contributed by atoms with E-state index in [0.29, 0.717) is 5.69 Å². The summed E-state index contributed by atoms with van der Waals surface area (Å²) < 4.78 is 0. The van der Waals surface area contributed by atoms with Crippen LogP contribution in [0.15, 0.2) is 29.1 Å². The van der Waals surface area contributed by atoms with E-state index in [0.717, 1.165) is 18.2 Å². The van der Waals surface area contributed by atoms with Crippen LogP contribution in [-0.4, -0.2) is 20.1 Å². The van der Waals surface area contributed by atoms with Crippen molar-refractivity contribution in [3.05, 3.63) is 40.3 Å². The van der Waals surface area contributed by atoms with Crippen molar-refractivity contribution in [2.75, 3.05) is 0 Å². The fourth-order valence-corrected chi connectivity index (χ4v) is 1.37. The number of pyridine rings is 1. The molecule has 0 atom stereocenters. The van der Waals surface area contributed by atoms with E-state index >= 15 is 0 Å². The molecule has 5 nitrogen and oxygen atoms in total. The van der Waals surface area contributed by atoms with Gasteiger partial charge in [-0.05, 0) is 18.6 Å². The van der Waals surface area contributed by atoms with E-state index in [1.54, 1.807) is 6.07 Å². The van der Waals surface area contributed by atoms with Crippen molar-refractivity contribution in [3.8, 4) is 17.4 Å². The fraction of sp³-hybridized carbons (Fsp3) is 0.182. The summed E-state index contributed by atoms with van der Waals surface area (Å²) in [5.74, 6) is -0.0252. The fourth-order valence-electron chi connectivity index (χ4n) is 1.37. The average molecular weight is 217 g/mol. The number of aromatic nitrogens is 3. The maximum absolute atomic E-state index is 11.2. The number of nitrogens with one attached hydrogen (secondary N) is 1. The summed E-state index contributed by atoms with van der Waals surface area (Å²) in [6, 6.07) is 6.49. The summed E-state index contributed by atoms with van der Waals surface area (Å²) >= 11 is 0. The van der Waals surface area contributed by atoms with Gasteiger partial charge in [0.2, 0.25) is 5.88 Å². The molecule has 0 saturated carbocycles. The normalized spacial score (nSPS) is 10.3. The maximum atomic E-state index is 11.2. The molecule has 0 aliphatic heterocycles. The molecule has 2 aromatic heterocycles. The van der Waals surface area contributed by atoms with Gasteiger partial charge in [0, 0.05) is 5.69 Å². The number of aryl methyl sites for hydroxylation is 1. The summed E-state index contributed by atoms with van der Waals surface area (Å²) in [5, 5.41) is 9.22. The predicted octanol–water partition coefficient (Wildman–Crippen LogP) is 1.10. The lowest BCUT2D eigenvalue weighted by Gasteiger charge is -2.02. The van der Waals surface area contributed by atoms with Gasteiger partial charge in [-0.3, -0.25) is 4.79 Å². The Morgan fingerprint density at radius 1 is 1.38 bits per heavy atom. The number of hydrogen-bond donors (Lipinski definition) is 2. The van der Waals surface area contributed by atoms with Crippen LogP contribution in [0.25, 0.3) is 11.5 Å². The SMILES string of the molecule is CCc1cccc(-c2nc(O)cc(=O)[nH]2)n1. The van der Waals surface area contributed by atoms with Crippen LogP contribution in [0.3, 0.4) is 0 Å². The van der Waals surface area contributed by atoms with Crippen LogP contribution in [0.2, 0.25) is 0 Å². The van der Waals surface area contributed by atoms with Crippen molar-refractivity contribution in [2.24, 2.45) is 0 Å². The molecule has 0 fully saturated rings. The van der Waals surface area contributed by atoms with Crippen molar-refractivity contribution >= 4 is 0 Å². The van der Waals surface area contributed by atoms with E-state index in [-0.39, 0.29) is 11.7 Å². The molecule has 2 aromatic rings. The molecule has 0 bridgehead atoms. The monoisotopic (exact) mass is 217 g/mol. The van der Waals surface area contributed by atoms with Crippen LogP contribution in [0.4, 0.5) is 0 Å². The van der Waals surface area contributed by atoms with Gasteiger partial charge in [-0.2, -0.15) is 4.98 Å². The average Bonchev–Trinajstić information content (AvgIpc) is 2.28. The first-order chi connectivity index (χ1) is 7.69. The molecule has 0 aliphatic carbocycles. The van der Waals surface area contributed by atoms with E-state index in [1.165, 1.54) is 0 Å². The van der Waals surface area contributed by atoms with Crippen LogP contribution in [-0.2, 0) is 6.42 Å². The summed E-state index contributed by atoms with van der Waals surface area (Å²) in [5.41, 5.74) is 1.06. The highest BCUT2D eigenvalue weighted by atomic mass is 16.3. The predicted molar refractivity (Wildman–Crippen MR) is 59.1 cm³/mol. The van der Waals surface area contributed by atoms with Gasteiger partial charge in [0.25, 0.3) is 5.56 Å². The molecule has 0 amide bonds. The van der Waals surface area contributed by atoms with Crippen molar-refractivity contribution in [1.29, 1.82) is 0 Å². The Bertz CT molecular complexity index is 563. The van der Waals surface area contributed by atoms with Gasteiger partial charge >= 0.3 is 0 Å². The molecule has 0 saturated heterocycles. The lowest BCUT2D eigenvalue weighted by Crippen LogP contribution is -2.07. The van der Waals surface area contributed by atoms with E-state index in [1.807, 2.05) is 19.1 Å². The van der Waals surface area contributed by atoms with Gasteiger partial charge in [0.1, 0.15) is 5.69 Å². The quantitative estimate of drug-likeness (QED) is 0.789. The zero-order valence-corrected chi connectivity index (χ0v) is 8.77. The van der Waals surface area contributed by atoms with Gasteiger partial charge in [-0.1, -0.05) is 13.0 Å². The van der Waals surface area contributed by atoms with Crippen molar-refractivity contribution < 1.29 is 5.11 Å². The van der Waals surface area contributed by atoms with Crippen molar-refractivity contribution in [2.45, 2.75) is 13.3 Å². The zero-order valence-electron chi connectivity index (χ0n) is 8.77. The van der Waals surface area contributed by atoms with Gasteiger partial charge in [-0.25, -0.2) is 4.98 Å². The number of nitrogens with zero attached hydrogens (tertiary/aromatic N) is 2. The Kier molecular flexibility index (Phi) is 2.68.